The van der Waals surface area contributed by atoms with Gasteiger partial charge >= 0.3 is 0 Å². The number of rotatable bonds is 10. The van der Waals surface area contributed by atoms with E-state index in [9.17, 15) is 0 Å². The molecule has 2 aromatic rings. The second-order valence-corrected chi connectivity index (χ2v) is 7.11. The third kappa shape index (κ3) is 6.52. The Labute approximate surface area is 162 Å². The van der Waals surface area contributed by atoms with Crippen molar-refractivity contribution in [3.8, 4) is 11.5 Å². The van der Waals surface area contributed by atoms with Gasteiger partial charge in [-0.1, -0.05) is 41.4 Å². The first-order valence-corrected chi connectivity index (χ1v) is 9.27. The lowest BCUT2D eigenvalue weighted by atomic mass is 10.1. The van der Waals surface area contributed by atoms with Gasteiger partial charge in [-0.25, -0.2) is 0 Å². The fourth-order valence-corrected chi connectivity index (χ4v) is 2.79. The van der Waals surface area contributed by atoms with Crippen LogP contribution >= 0.6 is 11.6 Å². The molecule has 0 unspecified atom stereocenters. The summed E-state index contributed by atoms with van der Waals surface area (Å²) in [5.41, 5.74) is 3.35. The van der Waals surface area contributed by atoms with Crippen molar-refractivity contribution >= 4 is 11.6 Å². The molecule has 0 fully saturated rings. The molecular formula is C21H29ClN2O2. The Kier molecular flexibility index (Phi) is 8.23. The quantitative estimate of drug-likeness (QED) is 0.627. The van der Waals surface area contributed by atoms with Crippen molar-refractivity contribution in [2.24, 2.45) is 0 Å². The smallest absolute Gasteiger partial charge is 0.163 e. The number of aryl methyl sites for hydroxylation is 1. The van der Waals surface area contributed by atoms with Gasteiger partial charge in [0.15, 0.2) is 11.5 Å². The summed E-state index contributed by atoms with van der Waals surface area (Å²) in [7, 11) is 5.81. The van der Waals surface area contributed by atoms with Gasteiger partial charge in [-0.3, -0.25) is 0 Å². The van der Waals surface area contributed by atoms with Crippen LogP contribution in [0.4, 0.5) is 0 Å². The minimum Gasteiger partial charge on any atom is -0.493 e. The summed E-state index contributed by atoms with van der Waals surface area (Å²) in [6.07, 6.45) is 1.10. The molecule has 4 nitrogen and oxygen atoms in total. The zero-order valence-electron chi connectivity index (χ0n) is 16.1. The third-order valence-electron chi connectivity index (χ3n) is 4.12. The topological polar surface area (TPSA) is 33.7 Å². The van der Waals surface area contributed by atoms with Crippen LogP contribution in [0.25, 0.3) is 0 Å². The second kappa shape index (κ2) is 10.4. The van der Waals surface area contributed by atoms with E-state index in [4.69, 9.17) is 21.1 Å². The van der Waals surface area contributed by atoms with Gasteiger partial charge in [-0.2, -0.15) is 0 Å². The molecule has 142 valence electrons. The van der Waals surface area contributed by atoms with E-state index in [1.54, 1.807) is 7.11 Å². The molecule has 0 saturated heterocycles. The molecule has 5 heteroatoms. The Balaban J connectivity index is 1.95. The predicted octanol–water partition coefficient (Wildman–Crippen LogP) is 4.28. The van der Waals surface area contributed by atoms with Crippen LogP contribution in [0.5, 0.6) is 11.5 Å². The molecule has 0 aromatic heterocycles. The molecule has 0 amide bonds. The van der Waals surface area contributed by atoms with Crippen molar-refractivity contribution in [3.05, 3.63) is 58.1 Å². The summed E-state index contributed by atoms with van der Waals surface area (Å²) in [6.45, 7) is 5.27. The first-order chi connectivity index (χ1) is 12.5. The minimum absolute atomic E-state index is 0.481. The molecule has 26 heavy (non-hydrogen) atoms. The largest absolute Gasteiger partial charge is 0.493 e. The van der Waals surface area contributed by atoms with Crippen LogP contribution in [-0.2, 0) is 13.2 Å². The highest BCUT2D eigenvalue weighted by Crippen LogP contribution is 2.34. The Morgan fingerprint density at radius 3 is 2.46 bits per heavy atom. The molecule has 0 radical (unpaired) electrons. The Bertz CT molecular complexity index is 687. The highest BCUT2D eigenvalue weighted by atomic mass is 35.5. The second-order valence-electron chi connectivity index (χ2n) is 6.70. The molecule has 2 aromatic carbocycles. The average Bonchev–Trinajstić information content (AvgIpc) is 2.62. The molecular weight excluding hydrogens is 348 g/mol. The first kappa shape index (κ1) is 20.6. The van der Waals surface area contributed by atoms with Gasteiger partial charge < -0.3 is 19.7 Å². The SMILES string of the molecule is COc1cc(CNCCCN(C)C)c(Cl)cc1OCc1ccc(C)cc1. The van der Waals surface area contributed by atoms with E-state index in [0.717, 1.165) is 30.6 Å². The predicted molar refractivity (Wildman–Crippen MR) is 108 cm³/mol. The van der Waals surface area contributed by atoms with Gasteiger partial charge in [0.25, 0.3) is 0 Å². The lowest BCUT2D eigenvalue weighted by molar-refractivity contribution is 0.284. The van der Waals surface area contributed by atoms with E-state index >= 15 is 0 Å². The van der Waals surface area contributed by atoms with Crippen molar-refractivity contribution < 1.29 is 9.47 Å². The van der Waals surface area contributed by atoms with Crippen LogP contribution in [0.15, 0.2) is 36.4 Å². The summed E-state index contributed by atoms with van der Waals surface area (Å²) in [4.78, 5) is 2.18. The highest BCUT2D eigenvalue weighted by Gasteiger charge is 2.11. The number of nitrogens with one attached hydrogen (secondary N) is 1. The lowest BCUT2D eigenvalue weighted by Crippen LogP contribution is -2.21. The summed E-state index contributed by atoms with van der Waals surface area (Å²) in [5, 5.41) is 4.11. The van der Waals surface area contributed by atoms with E-state index < -0.39 is 0 Å². The summed E-state index contributed by atoms with van der Waals surface area (Å²) < 4.78 is 11.4. The summed E-state index contributed by atoms with van der Waals surface area (Å²) >= 11 is 6.44. The van der Waals surface area contributed by atoms with Crippen molar-refractivity contribution in [3.63, 3.8) is 0 Å². The van der Waals surface area contributed by atoms with Gasteiger partial charge in [-0.15, -0.1) is 0 Å². The molecule has 0 heterocycles. The molecule has 0 aliphatic carbocycles. The van der Waals surface area contributed by atoms with Gasteiger partial charge in [-0.05, 0) is 57.7 Å². The van der Waals surface area contributed by atoms with Gasteiger partial charge in [0.2, 0.25) is 0 Å². The maximum absolute atomic E-state index is 6.44. The number of halogens is 1. The molecule has 2 rings (SSSR count). The molecule has 0 spiro atoms. The normalized spacial score (nSPS) is 11.0. The fourth-order valence-electron chi connectivity index (χ4n) is 2.57. The molecule has 0 aliphatic rings. The minimum atomic E-state index is 0.481. The number of nitrogens with zero attached hydrogens (tertiary/aromatic N) is 1. The summed E-state index contributed by atoms with van der Waals surface area (Å²) in [6, 6.07) is 12.1. The van der Waals surface area contributed by atoms with Crippen molar-refractivity contribution in [1.29, 1.82) is 0 Å². The fraction of sp³-hybridized carbons (Fsp3) is 0.429. The van der Waals surface area contributed by atoms with Crippen LogP contribution in [0.3, 0.4) is 0 Å². The van der Waals surface area contributed by atoms with Gasteiger partial charge in [0.1, 0.15) is 6.61 Å². The first-order valence-electron chi connectivity index (χ1n) is 8.90. The molecule has 0 saturated carbocycles. The Hall–Kier alpha value is -1.75. The van der Waals surface area contributed by atoms with E-state index in [0.29, 0.717) is 29.7 Å². The number of methoxy groups -OCH3 is 1. The lowest BCUT2D eigenvalue weighted by Gasteiger charge is -2.15. The number of hydrogen-bond acceptors (Lipinski definition) is 4. The molecule has 0 atom stereocenters. The number of ether oxygens (including phenoxy) is 2. The van der Waals surface area contributed by atoms with Crippen molar-refractivity contribution in [2.75, 3.05) is 34.3 Å². The maximum Gasteiger partial charge on any atom is 0.163 e. The molecule has 0 bridgehead atoms. The van der Waals surface area contributed by atoms with Crippen LogP contribution in [0, 0.1) is 6.92 Å². The van der Waals surface area contributed by atoms with Gasteiger partial charge in [0, 0.05) is 17.6 Å². The van der Waals surface area contributed by atoms with Crippen LogP contribution in [0.1, 0.15) is 23.1 Å². The average molecular weight is 377 g/mol. The highest BCUT2D eigenvalue weighted by molar-refractivity contribution is 6.31. The maximum atomic E-state index is 6.44. The number of hydrogen-bond donors (Lipinski definition) is 1. The van der Waals surface area contributed by atoms with Gasteiger partial charge in [0.05, 0.1) is 7.11 Å². The van der Waals surface area contributed by atoms with Crippen molar-refractivity contribution in [1.82, 2.24) is 10.2 Å². The van der Waals surface area contributed by atoms with Crippen LogP contribution in [0.2, 0.25) is 5.02 Å². The van der Waals surface area contributed by atoms with Crippen LogP contribution in [-0.4, -0.2) is 39.2 Å². The van der Waals surface area contributed by atoms with E-state index in [1.807, 2.05) is 12.1 Å². The third-order valence-corrected chi connectivity index (χ3v) is 4.47. The Morgan fingerprint density at radius 1 is 1.08 bits per heavy atom. The monoisotopic (exact) mass is 376 g/mol. The molecule has 0 aliphatic heterocycles. The van der Waals surface area contributed by atoms with E-state index in [-0.39, 0.29) is 0 Å². The zero-order valence-corrected chi connectivity index (χ0v) is 16.9. The van der Waals surface area contributed by atoms with Crippen molar-refractivity contribution in [2.45, 2.75) is 26.5 Å². The standard InChI is InChI=1S/C21H29ClN2O2/c1-16-6-8-17(9-7-16)15-26-21-13-19(22)18(12-20(21)25-4)14-23-10-5-11-24(2)3/h6-9,12-13,23H,5,10-11,14-15H2,1-4H3. The molecule has 1 N–H and O–H groups in total. The summed E-state index contributed by atoms with van der Waals surface area (Å²) in [5.74, 6) is 1.36. The number of benzene rings is 2. The Morgan fingerprint density at radius 2 is 1.81 bits per heavy atom. The zero-order chi connectivity index (χ0) is 18.9. The van der Waals surface area contributed by atoms with Crippen LogP contribution < -0.4 is 14.8 Å². The van der Waals surface area contributed by atoms with E-state index in [2.05, 4.69) is 55.5 Å². The van der Waals surface area contributed by atoms with E-state index in [1.165, 1.54) is 5.56 Å².